The third kappa shape index (κ3) is 4.31. The first-order valence-corrected chi connectivity index (χ1v) is 10.1. The number of rotatable bonds is 3. The molecule has 1 unspecified atom stereocenters. The van der Waals surface area contributed by atoms with Crippen LogP contribution in [0.3, 0.4) is 0 Å². The van der Waals surface area contributed by atoms with E-state index in [9.17, 15) is 10.1 Å². The van der Waals surface area contributed by atoms with Gasteiger partial charge in [-0.25, -0.2) is 0 Å². The zero-order chi connectivity index (χ0) is 21.3. The van der Waals surface area contributed by atoms with E-state index in [0.29, 0.717) is 16.6 Å². The molecule has 1 atom stereocenters. The standard InChI is InChI=1S/C24H26ClN3O/c1-15-9-22-21(16(2)13-24(3,4)28(22)5)11-17(15)10-18(14-26)23(29)27-20-8-6-7-19(25)12-20/h6-12,16H,13H2,1-5H3,(H,27,29)/b18-10+. The predicted molar refractivity (Wildman–Crippen MR) is 120 cm³/mol. The summed E-state index contributed by atoms with van der Waals surface area (Å²) in [5.74, 6) is -0.0482. The zero-order valence-electron chi connectivity index (χ0n) is 17.5. The number of carbonyl (C=O) groups excluding carboxylic acids is 1. The van der Waals surface area contributed by atoms with E-state index in [2.05, 4.69) is 50.2 Å². The first kappa shape index (κ1) is 21.0. The van der Waals surface area contributed by atoms with Crippen molar-refractivity contribution in [3.8, 4) is 6.07 Å². The molecule has 1 heterocycles. The number of nitrogens with one attached hydrogen (secondary N) is 1. The van der Waals surface area contributed by atoms with Crippen molar-refractivity contribution in [3.05, 3.63) is 63.7 Å². The van der Waals surface area contributed by atoms with Crippen LogP contribution in [0.25, 0.3) is 6.08 Å². The quantitative estimate of drug-likeness (QED) is 0.507. The molecule has 2 aromatic rings. The maximum Gasteiger partial charge on any atom is 0.266 e. The van der Waals surface area contributed by atoms with Crippen LogP contribution in [0.15, 0.2) is 42.0 Å². The van der Waals surface area contributed by atoms with Crippen LogP contribution in [0.2, 0.25) is 5.02 Å². The largest absolute Gasteiger partial charge is 0.369 e. The van der Waals surface area contributed by atoms with Gasteiger partial charge in [-0.2, -0.15) is 5.26 Å². The Bertz CT molecular complexity index is 1030. The molecule has 0 bridgehead atoms. The SMILES string of the molecule is Cc1cc2c(cc1/C=C(\C#N)C(=O)Nc1cccc(Cl)c1)C(C)CC(C)(C)N2C. The highest BCUT2D eigenvalue weighted by atomic mass is 35.5. The van der Waals surface area contributed by atoms with Crippen molar-refractivity contribution in [1.29, 1.82) is 5.26 Å². The van der Waals surface area contributed by atoms with Gasteiger partial charge in [0.1, 0.15) is 11.6 Å². The summed E-state index contributed by atoms with van der Waals surface area (Å²) in [6, 6.07) is 13.2. The number of anilines is 2. The highest BCUT2D eigenvalue weighted by molar-refractivity contribution is 6.31. The summed E-state index contributed by atoms with van der Waals surface area (Å²) < 4.78 is 0. The maximum atomic E-state index is 12.6. The number of hydrogen-bond acceptors (Lipinski definition) is 3. The summed E-state index contributed by atoms with van der Waals surface area (Å²) >= 11 is 5.97. The van der Waals surface area contributed by atoms with Gasteiger partial charge in [-0.15, -0.1) is 0 Å². The van der Waals surface area contributed by atoms with Gasteiger partial charge in [0.25, 0.3) is 5.91 Å². The number of fused-ring (bicyclic) bond motifs is 1. The van der Waals surface area contributed by atoms with Gasteiger partial charge in [0.15, 0.2) is 0 Å². The van der Waals surface area contributed by atoms with Crippen LogP contribution in [0.5, 0.6) is 0 Å². The van der Waals surface area contributed by atoms with Crippen molar-refractivity contribution in [2.45, 2.75) is 45.6 Å². The maximum absolute atomic E-state index is 12.6. The highest BCUT2D eigenvalue weighted by Gasteiger charge is 2.34. The number of carbonyl (C=O) groups is 1. The molecule has 0 aliphatic carbocycles. The van der Waals surface area contributed by atoms with Crippen LogP contribution in [0.1, 0.15) is 49.8 Å². The third-order valence-corrected chi connectivity index (χ3v) is 6.00. The molecule has 2 aromatic carbocycles. The van der Waals surface area contributed by atoms with Gasteiger partial charge in [-0.1, -0.05) is 24.6 Å². The van der Waals surface area contributed by atoms with E-state index in [1.807, 2.05) is 13.0 Å². The summed E-state index contributed by atoms with van der Waals surface area (Å²) in [5, 5.41) is 12.8. The van der Waals surface area contributed by atoms with Gasteiger partial charge in [0.05, 0.1) is 0 Å². The molecule has 3 rings (SSSR count). The second-order valence-electron chi connectivity index (χ2n) is 8.38. The smallest absolute Gasteiger partial charge is 0.266 e. The molecule has 0 radical (unpaired) electrons. The van der Waals surface area contributed by atoms with Gasteiger partial charge in [-0.05, 0) is 86.2 Å². The number of hydrogen-bond donors (Lipinski definition) is 1. The average Bonchev–Trinajstić information content (AvgIpc) is 2.64. The molecule has 1 N–H and O–H groups in total. The number of nitriles is 1. The van der Waals surface area contributed by atoms with E-state index >= 15 is 0 Å². The molecule has 0 spiro atoms. The van der Waals surface area contributed by atoms with Crippen LogP contribution in [-0.2, 0) is 4.79 Å². The topological polar surface area (TPSA) is 56.1 Å². The van der Waals surface area contributed by atoms with E-state index in [0.717, 1.165) is 17.5 Å². The molecule has 4 nitrogen and oxygen atoms in total. The molecule has 0 saturated heterocycles. The van der Waals surface area contributed by atoms with Crippen molar-refractivity contribution in [2.24, 2.45) is 0 Å². The highest BCUT2D eigenvalue weighted by Crippen LogP contribution is 2.43. The second kappa shape index (κ2) is 7.93. The van der Waals surface area contributed by atoms with E-state index < -0.39 is 5.91 Å². The molecule has 0 fully saturated rings. The minimum atomic E-state index is -0.446. The van der Waals surface area contributed by atoms with Gasteiger partial charge >= 0.3 is 0 Å². The van der Waals surface area contributed by atoms with E-state index in [1.54, 1.807) is 30.3 Å². The Hall–Kier alpha value is -2.77. The molecular formula is C24H26ClN3O. The molecule has 5 heteroatoms. The molecular weight excluding hydrogens is 382 g/mol. The lowest BCUT2D eigenvalue weighted by Crippen LogP contribution is -2.45. The third-order valence-electron chi connectivity index (χ3n) is 5.77. The fraction of sp³-hybridized carbons (Fsp3) is 0.333. The minimum absolute atomic E-state index is 0.0603. The van der Waals surface area contributed by atoms with Gasteiger partial charge in [0.2, 0.25) is 0 Å². The lowest BCUT2D eigenvalue weighted by molar-refractivity contribution is -0.112. The summed E-state index contributed by atoms with van der Waals surface area (Å²) in [4.78, 5) is 14.9. The first-order valence-electron chi connectivity index (χ1n) is 9.69. The lowest BCUT2D eigenvalue weighted by Gasteiger charge is -2.45. The molecule has 1 aliphatic heterocycles. The Balaban J connectivity index is 1.95. The molecule has 0 aromatic heterocycles. The summed E-state index contributed by atoms with van der Waals surface area (Å²) in [6.07, 6.45) is 2.71. The summed E-state index contributed by atoms with van der Waals surface area (Å²) in [6.45, 7) is 8.75. The second-order valence-corrected chi connectivity index (χ2v) is 8.81. The Morgan fingerprint density at radius 3 is 2.72 bits per heavy atom. The molecule has 29 heavy (non-hydrogen) atoms. The van der Waals surface area contributed by atoms with E-state index in [1.165, 1.54) is 11.3 Å². The summed E-state index contributed by atoms with van der Waals surface area (Å²) in [7, 11) is 2.12. The van der Waals surface area contributed by atoms with Crippen LogP contribution < -0.4 is 10.2 Å². The zero-order valence-corrected chi connectivity index (χ0v) is 18.3. The lowest BCUT2D eigenvalue weighted by atomic mass is 9.79. The van der Waals surface area contributed by atoms with Crippen molar-refractivity contribution in [2.75, 3.05) is 17.3 Å². The minimum Gasteiger partial charge on any atom is -0.369 e. The number of halogens is 1. The van der Waals surface area contributed by atoms with Crippen molar-refractivity contribution >= 4 is 35.0 Å². The fourth-order valence-electron chi connectivity index (χ4n) is 3.96. The Morgan fingerprint density at radius 2 is 2.07 bits per heavy atom. The Morgan fingerprint density at radius 1 is 1.34 bits per heavy atom. The number of nitrogens with zero attached hydrogens (tertiary/aromatic N) is 2. The number of benzene rings is 2. The normalized spacial score (nSPS) is 18.0. The van der Waals surface area contributed by atoms with E-state index in [4.69, 9.17) is 11.6 Å². The first-order chi connectivity index (χ1) is 13.6. The van der Waals surface area contributed by atoms with Gasteiger partial charge in [-0.3, -0.25) is 4.79 Å². The van der Waals surface area contributed by atoms with Gasteiger partial charge in [0, 0.05) is 29.0 Å². The van der Waals surface area contributed by atoms with E-state index in [-0.39, 0.29) is 11.1 Å². The van der Waals surface area contributed by atoms with Crippen LogP contribution in [0.4, 0.5) is 11.4 Å². The number of amides is 1. The van der Waals surface area contributed by atoms with Crippen molar-refractivity contribution in [3.63, 3.8) is 0 Å². The Labute approximate surface area is 177 Å². The molecule has 150 valence electrons. The Kier molecular flexibility index (Phi) is 5.73. The fourth-order valence-corrected chi connectivity index (χ4v) is 4.15. The average molecular weight is 408 g/mol. The van der Waals surface area contributed by atoms with Crippen LogP contribution >= 0.6 is 11.6 Å². The predicted octanol–water partition coefficient (Wildman–Crippen LogP) is 5.92. The van der Waals surface area contributed by atoms with Crippen LogP contribution in [0, 0.1) is 18.3 Å². The van der Waals surface area contributed by atoms with Gasteiger partial charge < -0.3 is 10.2 Å². The monoisotopic (exact) mass is 407 g/mol. The summed E-state index contributed by atoms with van der Waals surface area (Å²) in [5.41, 5.74) is 5.09. The van der Waals surface area contributed by atoms with Crippen LogP contribution in [-0.4, -0.2) is 18.5 Å². The number of aryl methyl sites for hydroxylation is 1. The van der Waals surface area contributed by atoms with Crippen molar-refractivity contribution < 1.29 is 4.79 Å². The molecule has 1 aliphatic rings. The molecule has 1 amide bonds. The van der Waals surface area contributed by atoms with Crippen molar-refractivity contribution in [1.82, 2.24) is 0 Å². The molecule has 0 saturated carbocycles.